The normalized spacial score (nSPS) is 20.8. The number of anilines is 1. The fourth-order valence-electron chi connectivity index (χ4n) is 2.20. The summed E-state index contributed by atoms with van der Waals surface area (Å²) in [5, 5.41) is 6.78. The van der Waals surface area contributed by atoms with Crippen LogP contribution >= 0.6 is 27.3 Å². The third kappa shape index (κ3) is 3.66. The number of rotatable bonds is 4. The Bertz CT molecular complexity index is 347. The molecule has 1 N–H and O–H groups in total. The van der Waals surface area contributed by atoms with Crippen molar-refractivity contribution < 1.29 is 0 Å². The van der Waals surface area contributed by atoms with Crippen molar-refractivity contribution in [3.8, 4) is 0 Å². The first-order valence-corrected chi connectivity index (χ1v) is 7.95. The van der Waals surface area contributed by atoms with Crippen molar-refractivity contribution in [2.75, 3.05) is 18.0 Å². The molecule has 1 saturated heterocycles. The van der Waals surface area contributed by atoms with Crippen molar-refractivity contribution in [2.24, 2.45) is 0 Å². The summed E-state index contributed by atoms with van der Waals surface area (Å²) in [5.41, 5.74) is 0. The predicted octanol–water partition coefficient (Wildman–Crippen LogP) is 3.26. The fraction of sp³-hybridized carbons (Fsp3) is 0.750. The minimum absolute atomic E-state index is 0.497. The van der Waals surface area contributed by atoms with Crippen LogP contribution in [0.5, 0.6) is 0 Å². The van der Waals surface area contributed by atoms with E-state index in [4.69, 9.17) is 0 Å². The zero-order valence-electron chi connectivity index (χ0n) is 10.4. The largest absolute Gasteiger partial charge is 0.344 e. The van der Waals surface area contributed by atoms with Gasteiger partial charge in [0.05, 0.1) is 0 Å². The number of aromatic nitrogens is 1. The lowest BCUT2D eigenvalue weighted by Gasteiger charge is -2.33. The van der Waals surface area contributed by atoms with E-state index < -0.39 is 0 Å². The van der Waals surface area contributed by atoms with Crippen LogP contribution in [-0.2, 0) is 0 Å². The molecule has 1 unspecified atom stereocenters. The van der Waals surface area contributed by atoms with Crippen LogP contribution in [0.15, 0.2) is 9.98 Å². The zero-order chi connectivity index (χ0) is 12.3. The van der Waals surface area contributed by atoms with E-state index in [0.717, 1.165) is 22.8 Å². The molecule has 1 atom stereocenters. The van der Waals surface area contributed by atoms with E-state index >= 15 is 0 Å². The van der Waals surface area contributed by atoms with E-state index in [9.17, 15) is 0 Å². The summed E-state index contributed by atoms with van der Waals surface area (Å²) in [7, 11) is 0. The molecular weight excluding hydrogens is 298 g/mol. The molecule has 1 fully saturated rings. The molecule has 0 radical (unpaired) electrons. The van der Waals surface area contributed by atoms with Crippen LogP contribution in [0.3, 0.4) is 0 Å². The molecule has 1 aromatic rings. The lowest BCUT2D eigenvalue weighted by atomic mass is 10.0. The number of hydrogen-bond acceptors (Lipinski definition) is 4. The minimum Gasteiger partial charge on any atom is -0.344 e. The maximum atomic E-state index is 4.53. The Morgan fingerprint density at radius 2 is 2.41 bits per heavy atom. The van der Waals surface area contributed by atoms with Crippen LogP contribution in [0.1, 0.15) is 33.1 Å². The molecule has 5 heteroatoms. The smallest absolute Gasteiger partial charge is 0.186 e. The summed E-state index contributed by atoms with van der Waals surface area (Å²) in [6, 6.07) is 1.12. The molecule has 0 saturated carbocycles. The Hall–Kier alpha value is -0.130. The van der Waals surface area contributed by atoms with Gasteiger partial charge in [0.2, 0.25) is 0 Å². The van der Waals surface area contributed by atoms with Gasteiger partial charge in [0.1, 0.15) is 4.60 Å². The highest BCUT2D eigenvalue weighted by atomic mass is 79.9. The second kappa shape index (κ2) is 6.16. The van der Waals surface area contributed by atoms with Gasteiger partial charge in [0, 0.05) is 24.0 Å². The molecule has 0 bridgehead atoms. The molecule has 3 nitrogen and oxygen atoms in total. The summed E-state index contributed by atoms with van der Waals surface area (Å²) in [6.45, 7) is 6.70. The Morgan fingerprint density at radius 3 is 2.94 bits per heavy atom. The summed E-state index contributed by atoms with van der Waals surface area (Å²) in [6.07, 6.45) is 3.96. The van der Waals surface area contributed by atoms with Gasteiger partial charge in [-0.15, -0.1) is 11.3 Å². The van der Waals surface area contributed by atoms with Crippen LogP contribution < -0.4 is 10.2 Å². The summed E-state index contributed by atoms with van der Waals surface area (Å²) < 4.78 is 0.944. The molecule has 0 aliphatic carbocycles. The van der Waals surface area contributed by atoms with Crippen LogP contribution in [-0.4, -0.2) is 30.2 Å². The Balaban J connectivity index is 2.01. The molecule has 1 aromatic heterocycles. The van der Waals surface area contributed by atoms with Gasteiger partial charge in [0.15, 0.2) is 5.13 Å². The van der Waals surface area contributed by atoms with Gasteiger partial charge in [-0.2, -0.15) is 0 Å². The van der Waals surface area contributed by atoms with E-state index in [1.807, 2.05) is 0 Å². The highest BCUT2D eigenvalue weighted by molar-refractivity contribution is 9.10. The number of piperidine rings is 1. The van der Waals surface area contributed by atoms with Gasteiger partial charge < -0.3 is 10.2 Å². The van der Waals surface area contributed by atoms with Gasteiger partial charge in [-0.1, -0.05) is 6.42 Å². The molecule has 0 aromatic carbocycles. The number of hydrogen-bond donors (Lipinski definition) is 1. The first-order chi connectivity index (χ1) is 8.16. The zero-order valence-corrected chi connectivity index (χ0v) is 12.9. The van der Waals surface area contributed by atoms with Gasteiger partial charge in [0.25, 0.3) is 0 Å². The van der Waals surface area contributed by atoms with Gasteiger partial charge in [-0.05, 0) is 49.2 Å². The second-order valence-electron chi connectivity index (χ2n) is 4.85. The van der Waals surface area contributed by atoms with Gasteiger partial charge in [-0.25, -0.2) is 4.98 Å². The van der Waals surface area contributed by atoms with Crippen LogP contribution in [0.2, 0.25) is 0 Å². The molecule has 2 rings (SSSR count). The van der Waals surface area contributed by atoms with E-state index in [0.29, 0.717) is 12.1 Å². The quantitative estimate of drug-likeness (QED) is 0.923. The predicted molar refractivity (Wildman–Crippen MR) is 77.9 cm³/mol. The maximum Gasteiger partial charge on any atom is 0.186 e. The maximum absolute atomic E-state index is 4.53. The Kier molecular flexibility index (Phi) is 4.82. The molecule has 0 spiro atoms. The van der Waals surface area contributed by atoms with E-state index in [-0.39, 0.29) is 0 Å². The van der Waals surface area contributed by atoms with Crippen molar-refractivity contribution in [2.45, 2.75) is 45.2 Å². The summed E-state index contributed by atoms with van der Waals surface area (Å²) in [5.74, 6) is 0. The van der Waals surface area contributed by atoms with Crippen molar-refractivity contribution in [3.05, 3.63) is 9.98 Å². The summed E-state index contributed by atoms with van der Waals surface area (Å²) >= 11 is 5.15. The van der Waals surface area contributed by atoms with Gasteiger partial charge in [-0.3, -0.25) is 0 Å². The van der Waals surface area contributed by atoms with Crippen molar-refractivity contribution >= 4 is 32.4 Å². The van der Waals surface area contributed by atoms with Crippen LogP contribution in [0, 0.1) is 0 Å². The molecule has 1 aliphatic rings. The Morgan fingerprint density at radius 1 is 1.59 bits per heavy atom. The number of nitrogens with one attached hydrogen (secondary N) is 1. The third-order valence-corrected chi connectivity index (χ3v) is 4.75. The third-order valence-electron chi connectivity index (χ3n) is 3.16. The standard InChI is InChI=1S/C12H20BrN3S/c1-9(2)16(12-15-11(13)8-17-12)7-10-5-3-4-6-14-10/h8-10,14H,3-7H2,1-2H3. The van der Waals surface area contributed by atoms with E-state index in [1.54, 1.807) is 11.3 Å². The molecule has 0 amide bonds. The fourth-order valence-corrected chi connectivity index (χ4v) is 3.60. The summed E-state index contributed by atoms with van der Waals surface area (Å²) in [4.78, 5) is 6.93. The van der Waals surface area contributed by atoms with Crippen molar-refractivity contribution in [1.82, 2.24) is 10.3 Å². The lowest BCUT2D eigenvalue weighted by molar-refractivity contribution is 0.393. The number of halogens is 1. The molecule has 96 valence electrons. The van der Waals surface area contributed by atoms with Crippen molar-refractivity contribution in [3.63, 3.8) is 0 Å². The number of thiazole rings is 1. The molecular formula is C12H20BrN3S. The SMILES string of the molecule is CC(C)N(CC1CCCCN1)c1nc(Br)cs1. The monoisotopic (exact) mass is 317 g/mol. The van der Waals surface area contributed by atoms with Crippen molar-refractivity contribution in [1.29, 1.82) is 0 Å². The second-order valence-corrected chi connectivity index (χ2v) is 6.49. The molecule has 2 heterocycles. The first kappa shape index (κ1) is 13.3. The van der Waals surface area contributed by atoms with Crippen LogP contribution in [0.4, 0.5) is 5.13 Å². The Labute approximate surface area is 116 Å². The number of nitrogens with zero attached hydrogens (tertiary/aromatic N) is 2. The molecule has 1 aliphatic heterocycles. The average Bonchev–Trinajstić information content (AvgIpc) is 2.73. The lowest BCUT2D eigenvalue weighted by Crippen LogP contribution is -2.46. The van der Waals surface area contributed by atoms with Gasteiger partial charge >= 0.3 is 0 Å². The van der Waals surface area contributed by atoms with Crippen LogP contribution in [0.25, 0.3) is 0 Å². The highest BCUT2D eigenvalue weighted by Crippen LogP contribution is 2.26. The average molecular weight is 318 g/mol. The van der Waals surface area contributed by atoms with E-state index in [2.05, 4.69) is 50.4 Å². The molecule has 17 heavy (non-hydrogen) atoms. The van der Waals surface area contributed by atoms with E-state index in [1.165, 1.54) is 19.3 Å². The topological polar surface area (TPSA) is 28.2 Å². The minimum atomic E-state index is 0.497. The highest BCUT2D eigenvalue weighted by Gasteiger charge is 2.20. The first-order valence-electron chi connectivity index (χ1n) is 6.28.